The van der Waals surface area contributed by atoms with E-state index in [-0.39, 0.29) is 6.04 Å². The van der Waals surface area contributed by atoms with Gasteiger partial charge in [-0.15, -0.1) is 0 Å². The lowest BCUT2D eigenvalue weighted by Crippen LogP contribution is -2.20. The molecular weight excluding hydrogens is 216 g/mol. The van der Waals surface area contributed by atoms with Gasteiger partial charge in [0.1, 0.15) is 18.1 Å². The summed E-state index contributed by atoms with van der Waals surface area (Å²) in [6.45, 7) is 3.44. The van der Waals surface area contributed by atoms with Gasteiger partial charge in [0, 0.05) is 12.6 Å². The summed E-state index contributed by atoms with van der Waals surface area (Å²) in [6, 6.07) is 5.63. The van der Waals surface area contributed by atoms with Gasteiger partial charge in [0.2, 0.25) is 0 Å². The van der Waals surface area contributed by atoms with Gasteiger partial charge in [-0.25, -0.2) is 0 Å². The molecule has 0 aromatic heterocycles. The summed E-state index contributed by atoms with van der Waals surface area (Å²) in [5.41, 5.74) is 6.88. The first-order chi connectivity index (χ1) is 8.06. The molecule has 0 amide bonds. The number of methoxy groups -OCH3 is 1. The minimum Gasteiger partial charge on any atom is -0.496 e. The van der Waals surface area contributed by atoms with Gasteiger partial charge in [-0.1, -0.05) is 6.07 Å². The van der Waals surface area contributed by atoms with Crippen LogP contribution >= 0.6 is 0 Å². The maximum absolute atomic E-state index is 5.95. The number of benzene rings is 1. The zero-order valence-corrected chi connectivity index (χ0v) is 11.1. The summed E-state index contributed by atoms with van der Waals surface area (Å²) >= 11 is 0. The quantitative estimate of drug-likeness (QED) is 0.818. The fourth-order valence-electron chi connectivity index (χ4n) is 1.61. The molecule has 0 aliphatic carbocycles. The average molecular weight is 238 g/mol. The Morgan fingerprint density at radius 2 is 1.94 bits per heavy atom. The third-order valence-corrected chi connectivity index (χ3v) is 2.50. The first-order valence-corrected chi connectivity index (χ1v) is 5.76. The van der Waals surface area contributed by atoms with E-state index in [1.807, 2.05) is 39.2 Å². The monoisotopic (exact) mass is 238 g/mol. The average Bonchev–Trinajstić information content (AvgIpc) is 2.27. The van der Waals surface area contributed by atoms with Gasteiger partial charge in [0.25, 0.3) is 0 Å². The minimum absolute atomic E-state index is 0.111. The smallest absolute Gasteiger partial charge is 0.127 e. The van der Waals surface area contributed by atoms with Crippen LogP contribution in [0.15, 0.2) is 18.2 Å². The highest BCUT2D eigenvalue weighted by Crippen LogP contribution is 2.32. The van der Waals surface area contributed by atoms with Crippen molar-refractivity contribution in [1.29, 1.82) is 0 Å². The van der Waals surface area contributed by atoms with Crippen molar-refractivity contribution < 1.29 is 9.47 Å². The number of likely N-dealkylation sites (N-methyl/N-ethyl adjacent to an activating group) is 1. The SMILES string of the molecule is COc1cccc(OCCN(C)C)c1[C@H](C)N. The molecule has 0 saturated heterocycles. The molecule has 1 aromatic rings. The molecule has 0 saturated carbocycles. The molecule has 0 spiro atoms. The summed E-state index contributed by atoms with van der Waals surface area (Å²) in [5.74, 6) is 1.59. The molecule has 4 heteroatoms. The Bertz CT molecular complexity index is 351. The molecule has 0 bridgehead atoms. The van der Waals surface area contributed by atoms with E-state index in [0.29, 0.717) is 6.61 Å². The Kier molecular flexibility index (Phi) is 5.25. The van der Waals surface area contributed by atoms with E-state index in [1.54, 1.807) is 7.11 Å². The van der Waals surface area contributed by atoms with Crippen molar-refractivity contribution in [2.24, 2.45) is 5.73 Å². The van der Waals surface area contributed by atoms with Gasteiger partial charge in [-0.05, 0) is 33.2 Å². The molecule has 0 aliphatic heterocycles. The molecular formula is C13H22N2O2. The summed E-state index contributed by atoms with van der Waals surface area (Å²) in [4.78, 5) is 2.08. The summed E-state index contributed by atoms with van der Waals surface area (Å²) in [5, 5.41) is 0. The molecule has 1 atom stereocenters. The second-order valence-corrected chi connectivity index (χ2v) is 4.31. The molecule has 0 heterocycles. The maximum Gasteiger partial charge on any atom is 0.127 e. The number of hydrogen-bond donors (Lipinski definition) is 1. The number of nitrogens with two attached hydrogens (primary N) is 1. The van der Waals surface area contributed by atoms with Crippen LogP contribution < -0.4 is 15.2 Å². The van der Waals surface area contributed by atoms with Crippen molar-refractivity contribution in [2.75, 3.05) is 34.4 Å². The summed E-state index contributed by atoms with van der Waals surface area (Å²) in [6.07, 6.45) is 0. The Morgan fingerprint density at radius 1 is 1.29 bits per heavy atom. The highest BCUT2D eigenvalue weighted by atomic mass is 16.5. The predicted octanol–water partition coefficient (Wildman–Crippen LogP) is 1.66. The molecule has 1 aromatic carbocycles. The largest absolute Gasteiger partial charge is 0.496 e. The number of ether oxygens (including phenoxy) is 2. The Hall–Kier alpha value is -1.26. The molecule has 0 fully saturated rings. The fourth-order valence-corrected chi connectivity index (χ4v) is 1.61. The van der Waals surface area contributed by atoms with Gasteiger partial charge in [0.05, 0.1) is 12.7 Å². The van der Waals surface area contributed by atoms with Crippen LogP contribution in [0.2, 0.25) is 0 Å². The van der Waals surface area contributed by atoms with Crippen LogP contribution in [-0.2, 0) is 0 Å². The second kappa shape index (κ2) is 6.47. The van der Waals surface area contributed by atoms with Gasteiger partial charge < -0.3 is 20.1 Å². The standard InChI is InChI=1S/C13H22N2O2/c1-10(14)13-11(16-4)6-5-7-12(13)17-9-8-15(2)3/h5-7,10H,8-9,14H2,1-4H3/t10-/m0/s1. The van der Waals surface area contributed by atoms with Gasteiger partial charge >= 0.3 is 0 Å². The van der Waals surface area contributed by atoms with Crippen LogP contribution in [0.4, 0.5) is 0 Å². The number of nitrogens with zero attached hydrogens (tertiary/aromatic N) is 1. The van der Waals surface area contributed by atoms with Crippen LogP contribution in [0.1, 0.15) is 18.5 Å². The lowest BCUT2D eigenvalue weighted by Gasteiger charge is -2.18. The molecule has 0 radical (unpaired) electrons. The van der Waals surface area contributed by atoms with E-state index >= 15 is 0 Å². The Morgan fingerprint density at radius 3 is 2.47 bits per heavy atom. The maximum atomic E-state index is 5.95. The van der Waals surface area contributed by atoms with Crippen LogP contribution in [0, 0.1) is 0 Å². The number of hydrogen-bond acceptors (Lipinski definition) is 4. The van der Waals surface area contributed by atoms with E-state index < -0.39 is 0 Å². The van der Waals surface area contributed by atoms with Crippen molar-refractivity contribution in [3.63, 3.8) is 0 Å². The van der Waals surface area contributed by atoms with E-state index in [0.717, 1.165) is 23.6 Å². The summed E-state index contributed by atoms with van der Waals surface area (Å²) < 4.78 is 11.1. The minimum atomic E-state index is -0.111. The Labute approximate surface area is 103 Å². The lowest BCUT2D eigenvalue weighted by molar-refractivity contribution is 0.257. The Balaban J connectivity index is 2.83. The van der Waals surface area contributed by atoms with Crippen LogP contribution in [-0.4, -0.2) is 39.3 Å². The van der Waals surface area contributed by atoms with E-state index in [9.17, 15) is 0 Å². The van der Waals surface area contributed by atoms with Crippen molar-refractivity contribution in [3.05, 3.63) is 23.8 Å². The van der Waals surface area contributed by atoms with E-state index in [4.69, 9.17) is 15.2 Å². The first-order valence-electron chi connectivity index (χ1n) is 5.76. The van der Waals surface area contributed by atoms with Crippen LogP contribution in [0.25, 0.3) is 0 Å². The molecule has 4 nitrogen and oxygen atoms in total. The highest BCUT2D eigenvalue weighted by molar-refractivity contribution is 5.46. The van der Waals surface area contributed by atoms with Crippen molar-refractivity contribution in [1.82, 2.24) is 4.90 Å². The molecule has 17 heavy (non-hydrogen) atoms. The normalized spacial score (nSPS) is 12.6. The van der Waals surface area contributed by atoms with Crippen molar-refractivity contribution >= 4 is 0 Å². The number of rotatable bonds is 6. The van der Waals surface area contributed by atoms with Gasteiger partial charge in [-0.2, -0.15) is 0 Å². The topological polar surface area (TPSA) is 47.7 Å². The molecule has 0 unspecified atom stereocenters. The third kappa shape index (κ3) is 3.91. The van der Waals surface area contributed by atoms with Gasteiger partial charge in [0.15, 0.2) is 0 Å². The zero-order valence-electron chi connectivity index (χ0n) is 11.1. The predicted molar refractivity (Wildman–Crippen MR) is 69.6 cm³/mol. The second-order valence-electron chi connectivity index (χ2n) is 4.31. The zero-order chi connectivity index (χ0) is 12.8. The summed E-state index contributed by atoms with van der Waals surface area (Å²) in [7, 11) is 5.67. The first kappa shape index (κ1) is 13.8. The van der Waals surface area contributed by atoms with Crippen molar-refractivity contribution in [3.8, 4) is 11.5 Å². The molecule has 96 valence electrons. The third-order valence-electron chi connectivity index (χ3n) is 2.50. The highest BCUT2D eigenvalue weighted by Gasteiger charge is 2.14. The van der Waals surface area contributed by atoms with Crippen LogP contribution in [0.5, 0.6) is 11.5 Å². The van der Waals surface area contributed by atoms with Crippen LogP contribution in [0.3, 0.4) is 0 Å². The van der Waals surface area contributed by atoms with Crippen molar-refractivity contribution in [2.45, 2.75) is 13.0 Å². The van der Waals surface area contributed by atoms with E-state index in [1.165, 1.54) is 0 Å². The molecule has 2 N–H and O–H groups in total. The fraction of sp³-hybridized carbons (Fsp3) is 0.538. The van der Waals surface area contributed by atoms with E-state index in [2.05, 4.69) is 4.90 Å². The lowest BCUT2D eigenvalue weighted by atomic mass is 10.1. The molecule has 0 aliphatic rings. The molecule has 1 rings (SSSR count). The van der Waals surface area contributed by atoms with Gasteiger partial charge in [-0.3, -0.25) is 0 Å².